The van der Waals surface area contributed by atoms with Crippen LogP contribution in [0.5, 0.6) is 0 Å². The summed E-state index contributed by atoms with van der Waals surface area (Å²) in [7, 11) is 4.06. The highest BCUT2D eigenvalue weighted by Crippen LogP contribution is 2.24. The highest BCUT2D eigenvalue weighted by Gasteiger charge is 2.05. The van der Waals surface area contributed by atoms with Crippen LogP contribution >= 0.6 is 0 Å². The fourth-order valence-corrected chi connectivity index (χ4v) is 2.79. The highest BCUT2D eigenvalue weighted by molar-refractivity contribution is 5.83. The van der Waals surface area contributed by atoms with Crippen LogP contribution in [0.4, 0.5) is 11.5 Å². The van der Waals surface area contributed by atoms with Crippen molar-refractivity contribution in [1.29, 1.82) is 0 Å². The van der Waals surface area contributed by atoms with E-state index in [2.05, 4.69) is 39.5 Å². The van der Waals surface area contributed by atoms with Gasteiger partial charge in [0, 0.05) is 36.9 Å². The van der Waals surface area contributed by atoms with Gasteiger partial charge in [-0.15, -0.1) is 0 Å². The molecule has 5 nitrogen and oxygen atoms in total. The number of fused-ring (bicyclic) bond motifs is 1. The minimum Gasteiger partial charge on any atom is -0.467 e. The number of pyridine rings is 2. The van der Waals surface area contributed by atoms with Gasteiger partial charge in [-0.25, -0.2) is 4.98 Å². The summed E-state index contributed by atoms with van der Waals surface area (Å²) in [6, 6.07) is 18.2. The zero-order valence-electron chi connectivity index (χ0n) is 14.8. The van der Waals surface area contributed by atoms with E-state index in [4.69, 9.17) is 9.40 Å². The van der Waals surface area contributed by atoms with Crippen molar-refractivity contribution in [2.45, 2.75) is 6.54 Å². The lowest BCUT2D eigenvalue weighted by atomic mass is 10.1. The van der Waals surface area contributed by atoms with Gasteiger partial charge in [0.05, 0.1) is 24.0 Å². The molecule has 0 bridgehead atoms. The first-order valence-corrected chi connectivity index (χ1v) is 8.50. The van der Waals surface area contributed by atoms with Gasteiger partial charge in [-0.1, -0.05) is 12.1 Å². The van der Waals surface area contributed by atoms with Crippen LogP contribution < -0.4 is 10.2 Å². The molecule has 0 saturated heterocycles. The van der Waals surface area contributed by atoms with Crippen molar-refractivity contribution in [2.75, 3.05) is 24.3 Å². The molecule has 0 unspecified atom stereocenters. The third kappa shape index (κ3) is 3.37. The molecule has 1 aromatic carbocycles. The number of rotatable bonds is 5. The maximum Gasteiger partial charge on any atom is 0.127 e. The number of anilines is 2. The predicted octanol–water partition coefficient (Wildman–Crippen LogP) is 4.57. The number of hydrogen-bond donors (Lipinski definition) is 1. The van der Waals surface area contributed by atoms with Crippen LogP contribution in [-0.4, -0.2) is 24.1 Å². The van der Waals surface area contributed by atoms with Crippen molar-refractivity contribution >= 4 is 22.4 Å². The van der Waals surface area contributed by atoms with Crippen molar-refractivity contribution < 1.29 is 4.42 Å². The maximum absolute atomic E-state index is 5.34. The van der Waals surface area contributed by atoms with Crippen LogP contribution in [0.15, 0.2) is 71.5 Å². The molecule has 4 rings (SSSR count). The van der Waals surface area contributed by atoms with Gasteiger partial charge >= 0.3 is 0 Å². The molecule has 3 aromatic heterocycles. The number of furan rings is 1. The quantitative estimate of drug-likeness (QED) is 0.575. The smallest absolute Gasteiger partial charge is 0.127 e. The zero-order chi connectivity index (χ0) is 17.9. The molecule has 0 aliphatic heterocycles. The van der Waals surface area contributed by atoms with Crippen LogP contribution in [0.1, 0.15) is 5.76 Å². The Morgan fingerprint density at radius 2 is 1.88 bits per heavy atom. The van der Waals surface area contributed by atoms with Crippen LogP contribution in [0.2, 0.25) is 0 Å². The summed E-state index contributed by atoms with van der Waals surface area (Å²) in [6.07, 6.45) is 3.54. The Balaban J connectivity index is 1.60. The molecule has 1 N–H and O–H groups in total. The Morgan fingerprint density at radius 1 is 1.04 bits per heavy atom. The average Bonchev–Trinajstić information content (AvgIpc) is 3.19. The van der Waals surface area contributed by atoms with Gasteiger partial charge in [0.25, 0.3) is 0 Å². The van der Waals surface area contributed by atoms with Gasteiger partial charge in [-0.2, -0.15) is 0 Å². The fourth-order valence-electron chi connectivity index (χ4n) is 2.79. The fraction of sp³-hybridized carbons (Fsp3) is 0.143. The van der Waals surface area contributed by atoms with E-state index in [-0.39, 0.29) is 0 Å². The normalized spacial score (nSPS) is 10.8. The molecule has 0 amide bonds. The van der Waals surface area contributed by atoms with E-state index >= 15 is 0 Å². The van der Waals surface area contributed by atoms with E-state index in [1.165, 1.54) is 0 Å². The van der Waals surface area contributed by atoms with Crippen LogP contribution in [-0.2, 0) is 6.54 Å². The van der Waals surface area contributed by atoms with Gasteiger partial charge in [0.2, 0.25) is 0 Å². The molecule has 26 heavy (non-hydrogen) atoms. The molecular formula is C21H20N4O. The van der Waals surface area contributed by atoms with Gasteiger partial charge in [0.1, 0.15) is 11.6 Å². The third-order valence-electron chi connectivity index (χ3n) is 4.28. The Labute approximate surface area is 152 Å². The molecule has 0 fully saturated rings. The molecule has 4 aromatic rings. The van der Waals surface area contributed by atoms with Crippen LogP contribution in [0.25, 0.3) is 22.2 Å². The first-order valence-electron chi connectivity index (χ1n) is 8.50. The molecule has 3 heterocycles. The van der Waals surface area contributed by atoms with Gasteiger partial charge in [0.15, 0.2) is 0 Å². The Kier molecular flexibility index (Phi) is 4.27. The number of hydrogen-bond acceptors (Lipinski definition) is 5. The summed E-state index contributed by atoms with van der Waals surface area (Å²) in [4.78, 5) is 11.4. The molecule has 0 aliphatic carbocycles. The van der Waals surface area contributed by atoms with Crippen molar-refractivity contribution in [3.05, 3.63) is 72.8 Å². The Bertz CT molecular complexity index is 1010. The average molecular weight is 344 g/mol. The summed E-state index contributed by atoms with van der Waals surface area (Å²) in [6.45, 7) is 0.607. The Hall–Kier alpha value is -3.34. The van der Waals surface area contributed by atoms with Gasteiger partial charge in [-0.3, -0.25) is 4.98 Å². The van der Waals surface area contributed by atoms with Crippen molar-refractivity contribution in [2.24, 2.45) is 0 Å². The first kappa shape index (κ1) is 16.1. The standard InChI is InChI=1S/C21H20N4O/c1-25(2)17-8-5-15(6-9-17)19-12-20-16(13-22-19)7-10-21(24-20)23-14-18-4-3-11-26-18/h3-13H,14H2,1-2H3,(H,23,24). The first-order chi connectivity index (χ1) is 12.7. The maximum atomic E-state index is 5.34. The lowest BCUT2D eigenvalue weighted by Crippen LogP contribution is -2.07. The van der Waals surface area contributed by atoms with E-state index in [0.717, 1.165) is 39.4 Å². The molecule has 0 spiro atoms. The lowest BCUT2D eigenvalue weighted by molar-refractivity contribution is 0.518. The second-order valence-corrected chi connectivity index (χ2v) is 6.33. The minimum absolute atomic E-state index is 0.607. The monoisotopic (exact) mass is 344 g/mol. The number of benzene rings is 1. The predicted molar refractivity (Wildman–Crippen MR) is 105 cm³/mol. The van der Waals surface area contributed by atoms with Crippen LogP contribution in [0, 0.1) is 0 Å². The topological polar surface area (TPSA) is 54.2 Å². The summed E-state index contributed by atoms with van der Waals surface area (Å²) in [5.41, 5.74) is 4.07. The minimum atomic E-state index is 0.607. The SMILES string of the molecule is CN(C)c1ccc(-c2cc3nc(NCc4ccco4)ccc3cn2)cc1. The second kappa shape index (κ2) is 6.88. The molecular weight excluding hydrogens is 324 g/mol. The lowest BCUT2D eigenvalue weighted by Gasteiger charge is -2.12. The number of nitrogens with one attached hydrogen (secondary N) is 1. The van der Waals surface area contributed by atoms with E-state index in [0.29, 0.717) is 6.54 Å². The molecule has 0 radical (unpaired) electrons. The third-order valence-corrected chi connectivity index (χ3v) is 4.28. The van der Waals surface area contributed by atoms with Crippen LogP contribution in [0.3, 0.4) is 0 Å². The Morgan fingerprint density at radius 3 is 2.62 bits per heavy atom. The van der Waals surface area contributed by atoms with E-state index in [1.54, 1.807) is 6.26 Å². The second-order valence-electron chi connectivity index (χ2n) is 6.33. The summed E-state index contributed by atoms with van der Waals surface area (Å²) < 4.78 is 5.34. The highest BCUT2D eigenvalue weighted by atomic mass is 16.3. The summed E-state index contributed by atoms with van der Waals surface area (Å²) in [5, 5.41) is 4.30. The van der Waals surface area contributed by atoms with E-state index < -0.39 is 0 Å². The molecule has 0 aliphatic rings. The number of nitrogens with zero attached hydrogens (tertiary/aromatic N) is 3. The largest absolute Gasteiger partial charge is 0.467 e. The number of aromatic nitrogens is 2. The van der Waals surface area contributed by atoms with E-state index in [1.807, 2.05) is 50.6 Å². The van der Waals surface area contributed by atoms with Gasteiger partial charge < -0.3 is 14.6 Å². The van der Waals surface area contributed by atoms with Gasteiger partial charge in [-0.05, 0) is 42.5 Å². The summed E-state index contributed by atoms with van der Waals surface area (Å²) in [5.74, 6) is 1.69. The van der Waals surface area contributed by atoms with E-state index in [9.17, 15) is 0 Å². The van der Waals surface area contributed by atoms with Crippen molar-refractivity contribution in [1.82, 2.24) is 9.97 Å². The molecule has 0 saturated carbocycles. The summed E-state index contributed by atoms with van der Waals surface area (Å²) >= 11 is 0. The molecule has 5 heteroatoms. The molecule has 130 valence electrons. The van der Waals surface area contributed by atoms with Crippen molar-refractivity contribution in [3.63, 3.8) is 0 Å². The molecule has 0 atom stereocenters. The van der Waals surface area contributed by atoms with Crippen molar-refractivity contribution in [3.8, 4) is 11.3 Å². The zero-order valence-corrected chi connectivity index (χ0v) is 14.8.